The molecule has 1 aliphatic rings. The van der Waals surface area contributed by atoms with Crippen LogP contribution in [0, 0.1) is 0 Å². The molecule has 2 rings (SSSR count). The van der Waals surface area contributed by atoms with Crippen LogP contribution in [-0.2, 0) is 11.0 Å². The predicted octanol–water partition coefficient (Wildman–Crippen LogP) is 3.08. The molecule has 1 fully saturated rings. The number of nitrogens with one attached hydrogen (secondary N) is 1. The van der Waals surface area contributed by atoms with E-state index in [9.17, 15) is 22.8 Å². The van der Waals surface area contributed by atoms with Gasteiger partial charge in [0.05, 0.1) is 5.56 Å². The second-order valence-corrected chi connectivity index (χ2v) is 6.67. The smallest absolute Gasteiger partial charge is 0.350 e. The van der Waals surface area contributed by atoms with Gasteiger partial charge >= 0.3 is 6.18 Å². The molecule has 2 amide bonds. The highest BCUT2D eigenvalue weighted by atomic mass is 19.4. The van der Waals surface area contributed by atoms with Crippen LogP contribution in [0.15, 0.2) is 18.2 Å². The Bertz CT molecular complexity index is 685. The Morgan fingerprint density at radius 1 is 1.23 bits per heavy atom. The van der Waals surface area contributed by atoms with Gasteiger partial charge in [-0.1, -0.05) is 13.8 Å². The van der Waals surface area contributed by atoms with Gasteiger partial charge in [0.2, 0.25) is 5.91 Å². The number of halogens is 3. The van der Waals surface area contributed by atoms with Crippen molar-refractivity contribution in [2.24, 2.45) is 5.73 Å². The van der Waals surface area contributed by atoms with E-state index in [0.29, 0.717) is 32.2 Å². The molecule has 0 saturated carbocycles. The fourth-order valence-electron chi connectivity index (χ4n) is 2.84. The molecule has 3 N–H and O–H groups in total. The van der Waals surface area contributed by atoms with Crippen LogP contribution in [0.1, 0.15) is 55.5 Å². The van der Waals surface area contributed by atoms with E-state index >= 15 is 0 Å². The van der Waals surface area contributed by atoms with Crippen LogP contribution in [-0.4, -0.2) is 30.4 Å². The molecule has 0 aromatic heterocycles. The van der Waals surface area contributed by atoms with Crippen molar-refractivity contribution in [1.82, 2.24) is 5.32 Å². The molecule has 0 atom stereocenters. The molecule has 1 aliphatic heterocycles. The van der Waals surface area contributed by atoms with Crippen LogP contribution in [0.3, 0.4) is 0 Å². The topological polar surface area (TPSA) is 75.4 Å². The third-order valence-corrected chi connectivity index (χ3v) is 4.90. The Hall–Kier alpha value is -2.09. The number of nitrogens with two attached hydrogens (primary N) is 1. The molecule has 1 aromatic carbocycles. The normalized spacial score (nSPS) is 15.5. The van der Waals surface area contributed by atoms with Gasteiger partial charge in [-0.15, -0.1) is 0 Å². The Morgan fingerprint density at radius 3 is 2.38 bits per heavy atom. The van der Waals surface area contributed by atoms with E-state index in [1.165, 1.54) is 11.0 Å². The van der Waals surface area contributed by atoms with E-state index in [-0.39, 0.29) is 23.7 Å². The first-order chi connectivity index (χ1) is 12.1. The van der Waals surface area contributed by atoms with Gasteiger partial charge < -0.3 is 16.0 Å². The minimum absolute atomic E-state index is 0.0949. The summed E-state index contributed by atoms with van der Waals surface area (Å²) >= 11 is 0. The summed E-state index contributed by atoms with van der Waals surface area (Å²) in [5.74, 6) is -0.880. The lowest BCUT2D eigenvalue weighted by Crippen LogP contribution is -2.49. The van der Waals surface area contributed by atoms with Gasteiger partial charge in [-0.2, -0.15) is 13.2 Å². The summed E-state index contributed by atoms with van der Waals surface area (Å²) in [6.45, 7) is 4.28. The van der Waals surface area contributed by atoms with Crippen molar-refractivity contribution in [3.63, 3.8) is 0 Å². The van der Waals surface area contributed by atoms with Crippen molar-refractivity contribution in [2.45, 2.75) is 51.2 Å². The van der Waals surface area contributed by atoms with E-state index in [4.69, 9.17) is 5.73 Å². The van der Waals surface area contributed by atoms with Gasteiger partial charge in [0, 0.05) is 36.3 Å². The summed E-state index contributed by atoms with van der Waals surface area (Å²) in [5, 5.41) is 2.61. The molecule has 1 aromatic rings. The highest BCUT2D eigenvalue weighted by Crippen LogP contribution is 2.34. The second kappa shape index (κ2) is 7.65. The summed E-state index contributed by atoms with van der Waals surface area (Å²) in [6.07, 6.45) is -2.49. The van der Waals surface area contributed by atoms with Crippen molar-refractivity contribution in [2.75, 3.05) is 18.0 Å². The molecule has 1 heterocycles. The van der Waals surface area contributed by atoms with E-state index < -0.39 is 23.2 Å². The molecule has 26 heavy (non-hydrogen) atoms. The Balaban J connectivity index is 2.32. The largest absolute Gasteiger partial charge is 0.416 e. The van der Waals surface area contributed by atoms with Crippen molar-refractivity contribution in [3.05, 3.63) is 29.3 Å². The highest BCUT2D eigenvalue weighted by molar-refractivity contribution is 5.99. The van der Waals surface area contributed by atoms with Gasteiger partial charge in [-0.3, -0.25) is 9.59 Å². The average Bonchev–Trinajstić information content (AvgIpc) is 3.04. The molecule has 144 valence electrons. The third kappa shape index (κ3) is 4.55. The van der Waals surface area contributed by atoms with E-state index in [0.717, 1.165) is 12.1 Å². The van der Waals surface area contributed by atoms with Crippen LogP contribution < -0.4 is 16.0 Å². The number of anilines is 1. The van der Waals surface area contributed by atoms with Crippen LogP contribution in [0.25, 0.3) is 0 Å². The fourth-order valence-corrected chi connectivity index (χ4v) is 2.84. The quantitative estimate of drug-likeness (QED) is 0.807. The summed E-state index contributed by atoms with van der Waals surface area (Å²) in [5.41, 5.74) is 4.52. The zero-order valence-corrected chi connectivity index (χ0v) is 14.9. The van der Waals surface area contributed by atoms with Crippen molar-refractivity contribution < 1.29 is 22.8 Å². The first kappa shape index (κ1) is 20.2. The molecule has 0 radical (unpaired) electrons. The number of benzene rings is 1. The maximum Gasteiger partial charge on any atom is 0.416 e. The van der Waals surface area contributed by atoms with Crippen molar-refractivity contribution in [3.8, 4) is 0 Å². The Kier molecular flexibility index (Phi) is 5.95. The summed E-state index contributed by atoms with van der Waals surface area (Å²) < 4.78 is 39.7. The molecule has 0 spiro atoms. The molecular formula is C18H24F3N3O2. The molecule has 0 bridgehead atoms. The average molecular weight is 371 g/mol. The number of rotatable bonds is 6. The first-order valence-electron chi connectivity index (χ1n) is 8.69. The molecule has 1 saturated heterocycles. The number of hydrogen-bond acceptors (Lipinski definition) is 3. The lowest BCUT2D eigenvalue weighted by atomic mass is 9.94. The highest BCUT2D eigenvalue weighted by Gasteiger charge is 2.33. The van der Waals surface area contributed by atoms with Gasteiger partial charge in [-0.25, -0.2) is 0 Å². The number of carbonyl (C=O) groups is 2. The molecule has 0 aliphatic carbocycles. The lowest BCUT2D eigenvalue weighted by molar-refractivity contribution is -0.137. The maximum absolute atomic E-state index is 13.2. The summed E-state index contributed by atoms with van der Waals surface area (Å²) in [4.78, 5) is 25.6. The molecule has 0 unspecified atom stereocenters. The third-order valence-electron chi connectivity index (χ3n) is 4.90. The maximum atomic E-state index is 13.2. The number of carbonyl (C=O) groups excluding carboxylic acids is 2. The minimum atomic E-state index is -4.61. The Labute approximate surface area is 150 Å². The molecule has 8 heteroatoms. The number of nitrogens with zero attached hydrogens (tertiary/aromatic N) is 1. The van der Waals surface area contributed by atoms with Gasteiger partial charge in [0.25, 0.3) is 5.91 Å². The van der Waals surface area contributed by atoms with E-state index in [2.05, 4.69) is 5.32 Å². The summed E-state index contributed by atoms with van der Waals surface area (Å²) in [6, 6.07) is 3.03. The lowest BCUT2D eigenvalue weighted by Gasteiger charge is -2.27. The van der Waals surface area contributed by atoms with Gasteiger partial charge in [0.15, 0.2) is 0 Å². The molecular weight excluding hydrogens is 347 g/mol. The zero-order chi connectivity index (χ0) is 19.5. The Morgan fingerprint density at radius 2 is 1.88 bits per heavy atom. The zero-order valence-electron chi connectivity index (χ0n) is 14.9. The van der Waals surface area contributed by atoms with Crippen molar-refractivity contribution >= 4 is 17.5 Å². The summed E-state index contributed by atoms with van der Waals surface area (Å²) in [7, 11) is 0. The minimum Gasteiger partial charge on any atom is -0.350 e. The monoisotopic (exact) mass is 371 g/mol. The van der Waals surface area contributed by atoms with Gasteiger partial charge in [-0.05, 0) is 37.5 Å². The number of amides is 2. The van der Waals surface area contributed by atoms with Gasteiger partial charge in [0.1, 0.15) is 0 Å². The number of alkyl halides is 3. The number of hydrogen-bond donors (Lipinski definition) is 2. The predicted molar refractivity (Wildman–Crippen MR) is 92.9 cm³/mol. The van der Waals surface area contributed by atoms with E-state index in [1.807, 2.05) is 13.8 Å². The SMILES string of the molecule is CCC(N)(CC)CNC(=O)c1cc(N2CCCC2=O)cc(C(F)(F)F)c1. The fraction of sp³-hybridized carbons (Fsp3) is 0.556. The van der Waals surface area contributed by atoms with Crippen LogP contribution in [0.5, 0.6) is 0 Å². The van der Waals surface area contributed by atoms with Crippen LogP contribution in [0.4, 0.5) is 18.9 Å². The first-order valence-corrected chi connectivity index (χ1v) is 8.69. The standard InChI is InChI=1S/C18H24F3N3O2/c1-3-17(22,4-2)11-23-16(26)12-8-13(18(19,20)21)10-14(9-12)24-7-5-6-15(24)25/h8-10H,3-7,11,22H2,1-2H3,(H,23,26). The molecule has 5 nitrogen and oxygen atoms in total. The van der Waals surface area contributed by atoms with E-state index in [1.54, 1.807) is 0 Å². The van der Waals surface area contributed by atoms with Crippen LogP contribution in [0.2, 0.25) is 0 Å². The second-order valence-electron chi connectivity index (χ2n) is 6.67. The van der Waals surface area contributed by atoms with Crippen LogP contribution >= 0.6 is 0 Å². The van der Waals surface area contributed by atoms with Crippen molar-refractivity contribution in [1.29, 1.82) is 0 Å².